The van der Waals surface area contributed by atoms with E-state index in [2.05, 4.69) is 35.7 Å². The second-order valence-electron chi connectivity index (χ2n) is 4.66. The van der Waals surface area contributed by atoms with Crippen molar-refractivity contribution in [1.82, 2.24) is 34.9 Å². The molecular weight excluding hydrogens is 284 g/mol. The van der Waals surface area contributed by atoms with Gasteiger partial charge in [-0.15, -0.1) is 0 Å². The van der Waals surface area contributed by atoms with Gasteiger partial charge in [0.15, 0.2) is 11.5 Å². The monoisotopic (exact) mass is 296 g/mol. The molecule has 0 fully saturated rings. The lowest BCUT2D eigenvalue weighted by atomic mass is 10.4. The minimum Gasteiger partial charge on any atom is -0.467 e. The molecule has 4 heterocycles. The average molecular weight is 296 g/mol. The van der Waals surface area contributed by atoms with Gasteiger partial charge in [-0.1, -0.05) is 0 Å². The quantitative estimate of drug-likeness (QED) is 0.569. The summed E-state index contributed by atoms with van der Waals surface area (Å²) in [6.45, 7) is 1.08. The molecule has 22 heavy (non-hydrogen) atoms. The Labute approximate surface area is 124 Å². The van der Waals surface area contributed by atoms with Crippen LogP contribution in [0.3, 0.4) is 0 Å². The number of imidazole rings is 1. The van der Waals surface area contributed by atoms with Gasteiger partial charge in [0.1, 0.15) is 23.3 Å². The maximum atomic E-state index is 5.29. The van der Waals surface area contributed by atoms with E-state index < -0.39 is 0 Å². The highest BCUT2D eigenvalue weighted by Gasteiger charge is 2.11. The van der Waals surface area contributed by atoms with Gasteiger partial charge in [-0.05, 0) is 12.1 Å². The van der Waals surface area contributed by atoms with Crippen molar-refractivity contribution in [3.05, 3.63) is 48.7 Å². The van der Waals surface area contributed by atoms with E-state index in [9.17, 15) is 0 Å². The minimum atomic E-state index is 0.537. The Morgan fingerprint density at radius 1 is 1.27 bits per heavy atom. The van der Waals surface area contributed by atoms with Gasteiger partial charge < -0.3 is 14.3 Å². The van der Waals surface area contributed by atoms with E-state index in [-0.39, 0.29) is 0 Å². The summed E-state index contributed by atoms with van der Waals surface area (Å²) < 4.78 is 7.19. The summed E-state index contributed by atoms with van der Waals surface area (Å²) in [6.07, 6.45) is 6.53. The molecule has 2 N–H and O–H groups in total. The van der Waals surface area contributed by atoms with Crippen LogP contribution >= 0.6 is 0 Å². The van der Waals surface area contributed by atoms with E-state index in [1.807, 2.05) is 16.7 Å². The smallest absolute Gasteiger partial charge is 0.165 e. The Bertz CT molecular complexity index is 865. The van der Waals surface area contributed by atoms with E-state index >= 15 is 0 Å². The first-order valence-corrected chi connectivity index (χ1v) is 6.67. The number of hydrogen-bond acceptors (Lipinski definition) is 7. The number of H-pyrrole nitrogens is 1. The standard InChI is InChI=1S/C13H12N8O/c1-2-10(22-3-1)5-14-12-11-13(16-7-15-12)21(8-17-11)6-9-4-18-20-19-9/h1-4,7-8H,5-6H2,(H,14,15,16)(H,18,19,20). The Kier molecular flexibility index (Phi) is 3.00. The Morgan fingerprint density at radius 2 is 2.27 bits per heavy atom. The van der Waals surface area contributed by atoms with E-state index in [1.165, 1.54) is 6.33 Å². The van der Waals surface area contributed by atoms with Crippen LogP contribution in [0, 0.1) is 0 Å². The number of furan rings is 1. The van der Waals surface area contributed by atoms with Crippen LogP contribution in [0.2, 0.25) is 0 Å². The molecule has 0 spiro atoms. The van der Waals surface area contributed by atoms with Gasteiger partial charge in [0.05, 0.1) is 31.9 Å². The molecule has 0 aliphatic rings. The van der Waals surface area contributed by atoms with Gasteiger partial charge in [-0.25, -0.2) is 15.0 Å². The molecule has 9 heteroatoms. The van der Waals surface area contributed by atoms with Crippen LogP contribution in [0.1, 0.15) is 11.5 Å². The van der Waals surface area contributed by atoms with Gasteiger partial charge >= 0.3 is 0 Å². The molecule has 4 aromatic rings. The minimum absolute atomic E-state index is 0.537. The van der Waals surface area contributed by atoms with Crippen LogP contribution in [0.25, 0.3) is 11.2 Å². The fourth-order valence-corrected chi connectivity index (χ4v) is 2.19. The predicted octanol–water partition coefficient (Wildman–Crippen LogP) is 1.20. The predicted molar refractivity (Wildman–Crippen MR) is 76.8 cm³/mol. The highest BCUT2D eigenvalue weighted by Crippen LogP contribution is 2.18. The molecule has 0 aliphatic carbocycles. The van der Waals surface area contributed by atoms with Crippen molar-refractivity contribution in [2.45, 2.75) is 13.1 Å². The lowest BCUT2D eigenvalue weighted by Crippen LogP contribution is -2.03. The maximum Gasteiger partial charge on any atom is 0.165 e. The van der Waals surface area contributed by atoms with Crippen LogP contribution in [-0.2, 0) is 13.1 Å². The second-order valence-corrected chi connectivity index (χ2v) is 4.66. The van der Waals surface area contributed by atoms with Crippen LogP contribution in [-0.4, -0.2) is 34.9 Å². The average Bonchev–Trinajstić information content (AvgIpc) is 3.28. The number of anilines is 1. The maximum absolute atomic E-state index is 5.29. The van der Waals surface area contributed by atoms with E-state index in [4.69, 9.17) is 4.42 Å². The van der Waals surface area contributed by atoms with Crippen LogP contribution in [0.5, 0.6) is 0 Å². The summed E-state index contributed by atoms with van der Waals surface area (Å²) in [4.78, 5) is 12.9. The molecule has 0 saturated heterocycles. The van der Waals surface area contributed by atoms with Gasteiger partial charge in [-0.3, -0.25) is 0 Å². The molecular formula is C13H12N8O. The van der Waals surface area contributed by atoms with Crippen molar-refractivity contribution in [2.75, 3.05) is 5.32 Å². The summed E-state index contributed by atoms with van der Waals surface area (Å²) in [5, 5.41) is 13.6. The highest BCUT2D eigenvalue weighted by atomic mass is 16.3. The number of hydrogen-bond donors (Lipinski definition) is 2. The molecule has 0 aromatic carbocycles. The Balaban J connectivity index is 1.61. The van der Waals surface area contributed by atoms with E-state index in [0.717, 1.165) is 17.1 Å². The molecule has 4 rings (SSSR count). The fraction of sp³-hybridized carbons (Fsp3) is 0.154. The summed E-state index contributed by atoms with van der Waals surface area (Å²) in [5.74, 6) is 1.49. The summed E-state index contributed by atoms with van der Waals surface area (Å²) >= 11 is 0. The summed E-state index contributed by atoms with van der Waals surface area (Å²) in [6, 6.07) is 3.74. The zero-order valence-corrected chi connectivity index (χ0v) is 11.5. The molecule has 0 atom stereocenters. The normalized spacial score (nSPS) is 11.1. The van der Waals surface area contributed by atoms with Gasteiger partial charge in [-0.2, -0.15) is 15.4 Å². The SMILES string of the molecule is c1coc(CNc2ncnc3c2ncn3Cc2cn[nH]n2)c1. The van der Waals surface area contributed by atoms with Crippen molar-refractivity contribution < 1.29 is 4.42 Å². The fourth-order valence-electron chi connectivity index (χ4n) is 2.19. The molecule has 0 bridgehead atoms. The number of nitrogens with one attached hydrogen (secondary N) is 2. The summed E-state index contributed by atoms with van der Waals surface area (Å²) in [7, 11) is 0. The molecule has 110 valence electrons. The third-order valence-corrected chi connectivity index (χ3v) is 3.21. The lowest BCUT2D eigenvalue weighted by Gasteiger charge is -2.04. The molecule has 9 nitrogen and oxygen atoms in total. The van der Waals surface area contributed by atoms with Crippen LogP contribution in [0.15, 0.2) is 41.7 Å². The number of aromatic amines is 1. The first-order chi connectivity index (χ1) is 10.9. The first-order valence-electron chi connectivity index (χ1n) is 6.67. The molecule has 0 saturated carbocycles. The summed E-state index contributed by atoms with van der Waals surface area (Å²) in [5.41, 5.74) is 2.25. The third kappa shape index (κ3) is 2.28. The number of nitrogens with zero attached hydrogens (tertiary/aromatic N) is 6. The second kappa shape index (κ2) is 5.28. The number of aromatic nitrogens is 7. The Morgan fingerprint density at radius 3 is 3.09 bits per heavy atom. The molecule has 0 aliphatic heterocycles. The molecule has 0 amide bonds. The third-order valence-electron chi connectivity index (χ3n) is 3.21. The van der Waals surface area contributed by atoms with Gasteiger partial charge in [0.25, 0.3) is 0 Å². The van der Waals surface area contributed by atoms with Crippen molar-refractivity contribution in [3.63, 3.8) is 0 Å². The Hall–Kier alpha value is -3.23. The molecule has 4 aromatic heterocycles. The van der Waals surface area contributed by atoms with Crippen molar-refractivity contribution in [2.24, 2.45) is 0 Å². The zero-order valence-electron chi connectivity index (χ0n) is 11.5. The van der Waals surface area contributed by atoms with Crippen LogP contribution in [0.4, 0.5) is 5.82 Å². The van der Waals surface area contributed by atoms with Crippen molar-refractivity contribution in [3.8, 4) is 0 Å². The highest BCUT2D eigenvalue weighted by molar-refractivity contribution is 5.82. The molecule has 0 radical (unpaired) electrons. The van der Waals surface area contributed by atoms with Gasteiger partial charge in [0, 0.05) is 0 Å². The van der Waals surface area contributed by atoms with Crippen LogP contribution < -0.4 is 5.32 Å². The van der Waals surface area contributed by atoms with Crippen molar-refractivity contribution >= 4 is 17.0 Å². The molecule has 0 unspecified atom stereocenters. The van der Waals surface area contributed by atoms with E-state index in [1.54, 1.807) is 18.8 Å². The zero-order chi connectivity index (χ0) is 14.8. The first kappa shape index (κ1) is 12.5. The number of rotatable bonds is 5. The lowest BCUT2D eigenvalue weighted by molar-refractivity contribution is 0.518. The topological polar surface area (TPSA) is 110 Å². The van der Waals surface area contributed by atoms with Gasteiger partial charge in [0.2, 0.25) is 0 Å². The van der Waals surface area contributed by atoms with Crippen molar-refractivity contribution in [1.29, 1.82) is 0 Å². The largest absolute Gasteiger partial charge is 0.467 e. The number of fused-ring (bicyclic) bond motifs is 1. The van der Waals surface area contributed by atoms with E-state index in [0.29, 0.717) is 24.4 Å².